The highest BCUT2D eigenvalue weighted by atomic mass is 16.3. The van der Waals surface area contributed by atoms with Crippen LogP contribution in [0.4, 0.5) is 0 Å². The van der Waals surface area contributed by atoms with E-state index in [4.69, 9.17) is 5.11 Å². The van der Waals surface area contributed by atoms with Crippen LogP contribution in [0.25, 0.3) is 0 Å². The number of hydrogen-bond donors (Lipinski definition) is 1. The number of nitrogens with zero attached hydrogens (tertiary/aromatic N) is 2. The van der Waals surface area contributed by atoms with Crippen LogP contribution >= 0.6 is 0 Å². The SMILES string of the molecule is CCCCCCn1cnc(CO)c1. The molecule has 0 spiro atoms. The molecule has 3 nitrogen and oxygen atoms in total. The molecular weight excluding hydrogens is 164 g/mol. The van der Waals surface area contributed by atoms with E-state index in [1.165, 1.54) is 25.7 Å². The van der Waals surface area contributed by atoms with Crippen LogP contribution in [-0.4, -0.2) is 14.7 Å². The Labute approximate surface area is 79.4 Å². The zero-order chi connectivity index (χ0) is 9.52. The maximum Gasteiger partial charge on any atom is 0.0950 e. The van der Waals surface area contributed by atoms with Crippen LogP contribution in [0.2, 0.25) is 0 Å². The van der Waals surface area contributed by atoms with Crippen molar-refractivity contribution in [3.05, 3.63) is 18.2 Å². The molecule has 0 aliphatic carbocycles. The molecule has 0 fully saturated rings. The Kier molecular flexibility index (Phi) is 4.54. The number of aliphatic hydroxyl groups is 1. The van der Waals surface area contributed by atoms with Gasteiger partial charge >= 0.3 is 0 Å². The van der Waals surface area contributed by atoms with Gasteiger partial charge in [-0.15, -0.1) is 0 Å². The van der Waals surface area contributed by atoms with Crippen molar-refractivity contribution in [2.24, 2.45) is 0 Å². The van der Waals surface area contributed by atoms with Gasteiger partial charge in [-0.25, -0.2) is 4.98 Å². The van der Waals surface area contributed by atoms with Gasteiger partial charge in [0.2, 0.25) is 0 Å². The number of imidazole rings is 1. The molecule has 0 bridgehead atoms. The Hall–Kier alpha value is -0.830. The molecule has 0 aliphatic heterocycles. The normalized spacial score (nSPS) is 10.6. The van der Waals surface area contributed by atoms with E-state index in [1.54, 1.807) is 6.33 Å². The highest BCUT2D eigenvalue weighted by Gasteiger charge is 1.95. The highest BCUT2D eigenvalue weighted by molar-refractivity contribution is 4.93. The summed E-state index contributed by atoms with van der Waals surface area (Å²) >= 11 is 0. The summed E-state index contributed by atoms with van der Waals surface area (Å²) in [5.74, 6) is 0. The fourth-order valence-corrected chi connectivity index (χ4v) is 1.33. The van der Waals surface area contributed by atoms with Crippen molar-refractivity contribution >= 4 is 0 Å². The summed E-state index contributed by atoms with van der Waals surface area (Å²) in [7, 11) is 0. The summed E-state index contributed by atoms with van der Waals surface area (Å²) in [6, 6.07) is 0. The fraction of sp³-hybridized carbons (Fsp3) is 0.700. The number of aryl methyl sites for hydroxylation is 1. The lowest BCUT2D eigenvalue weighted by Crippen LogP contribution is -1.94. The van der Waals surface area contributed by atoms with Gasteiger partial charge in [0.1, 0.15) is 0 Å². The molecule has 0 aliphatic rings. The first kappa shape index (κ1) is 10.3. The van der Waals surface area contributed by atoms with Crippen molar-refractivity contribution in [2.45, 2.75) is 45.8 Å². The molecule has 0 saturated heterocycles. The van der Waals surface area contributed by atoms with E-state index in [1.807, 2.05) is 10.8 Å². The number of rotatable bonds is 6. The fourth-order valence-electron chi connectivity index (χ4n) is 1.33. The first-order valence-corrected chi connectivity index (χ1v) is 4.98. The summed E-state index contributed by atoms with van der Waals surface area (Å²) in [5, 5.41) is 8.78. The Morgan fingerprint density at radius 3 is 2.85 bits per heavy atom. The second kappa shape index (κ2) is 5.75. The molecule has 1 aromatic rings. The van der Waals surface area contributed by atoms with Crippen LogP contribution in [0.15, 0.2) is 12.5 Å². The van der Waals surface area contributed by atoms with E-state index >= 15 is 0 Å². The maximum absolute atomic E-state index is 8.78. The topological polar surface area (TPSA) is 38.0 Å². The van der Waals surface area contributed by atoms with E-state index < -0.39 is 0 Å². The van der Waals surface area contributed by atoms with Gasteiger partial charge in [-0.2, -0.15) is 0 Å². The lowest BCUT2D eigenvalue weighted by molar-refractivity contribution is 0.277. The standard InChI is InChI=1S/C10H18N2O/c1-2-3-4-5-6-12-7-10(8-13)11-9-12/h7,9,13H,2-6,8H2,1H3. The van der Waals surface area contributed by atoms with Gasteiger partial charge in [0, 0.05) is 12.7 Å². The van der Waals surface area contributed by atoms with Crippen LogP contribution < -0.4 is 0 Å². The number of hydrogen-bond acceptors (Lipinski definition) is 2. The maximum atomic E-state index is 8.78. The monoisotopic (exact) mass is 182 g/mol. The number of unbranched alkanes of at least 4 members (excludes halogenated alkanes) is 3. The third kappa shape index (κ3) is 3.59. The van der Waals surface area contributed by atoms with E-state index in [2.05, 4.69) is 11.9 Å². The first-order chi connectivity index (χ1) is 6.36. The molecule has 0 radical (unpaired) electrons. The van der Waals surface area contributed by atoms with Crippen molar-refractivity contribution in [2.75, 3.05) is 0 Å². The third-order valence-electron chi connectivity index (χ3n) is 2.12. The van der Waals surface area contributed by atoms with Crippen molar-refractivity contribution in [1.29, 1.82) is 0 Å². The van der Waals surface area contributed by atoms with Crippen LogP contribution in [0, 0.1) is 0 Å². The molecule has 1 heterocycles. The van der Waals surface area contributed by atoms with Crippen LogP contribution in [0.5, 0.6) is 0 Å². The van der Waals surface area contributed by atoms with Gasteiger partial charge in [-0.05, 0) is 6.42 Å². The average molecular weight is 182 g/mol. The molecule has 74 valence electrons. The minimum Gasteiger partial charge on any atom is -0.390 e. The minimum atomic E-state index is 0.0436. The van der Waals surface area contributed by atoms with Crippen molar-refractivity contribution in [3.8, 4) is 0 Å². The summed E-state index contributed by atoms with van der Waals surface area (Å²) in [4.78, 5) is 4.05. The van der Waals surface area contributed by atoms with Gasteiger partial charge in [0.25, 0.3) is 0 Å². The molecule has 3 heteroatoms. The molecule has 1 N–H and O–H groups in total. The second-order valence-electron chi connectivity index (χ2n) is 3.32. The lowest BCUT2D eigenvalue weighted by atomic mass is 10.2. The van der Waals surface area contributed by atoms with Gasteiger partial charge < -0.3 is 9.67 Å². The largest absolute Gasteiger partial charge is 0.390 e. The second-order valence-corrected chi connectivity index (χ2v) is 3.32. The molecule has 0 aromatic carbocycles. The van der Waals surface area contributed by atoms with E-state index in [0.717, 1.165) is 12.2 Å². The van der Waals surface area contributed by atoms with Crippen LogP contribution in [-0.2, 0) is 13.2 Å². The average Bonchev–Trinajstić information content (AvgIpc) is 2.60. The summed E-state index contributed by atoms with van der Waals surface area (Å²) in [6.07, 6.45) is 8.76. The van der Waals surface area contributed by atoms with Gasteiger partial charge in [0.15, 0.2) is 0 Å². The summed E-state index contributed by atoms with van der Waals surface area (Å²) in [6.45, 7) is 3.27. The zero-order valence-electron chi connectivity index (χ0n) is 8.24. The Morgan fingerprint density at radius 2 is 2.23 bits per heavy atom. The predicted octanol–water partition coefficient (Wildman–Crippen LogP) is 1.96. The predicted molar refractivity (Wildman–Crippen MR) is 52.3 cm³/mol. The van der Waals surface area contributed by atoms with Crippen molar-refractivity contribution in [1.82, 2.24) is 9.55 Å². The molecule has 0 atom stereocenters. The minimum absolute atomic E-state index is 0.0436. The number of aliphatic hydroxyl groups excluding tert-OH is 1. The molecule has 1 aromatic heterocycles. The molecular formula is C10H18N2O. The zero-order valence-corrected chi connectivity index (χ0v) is 8.24. The Morgan fingerprint density at radius 1 is 1.38 bits per heavy atom. The molecule has 1 rings (SSSR count). The highest BCUT2D eigenvalue weighted by Crippen LogP contribution is 2.02. The molecule has 13 heavy (non-hydrogen) atoms. The van der Waals surface area contributed by atoms with E-state index in [9.17, 15) is 0 Å². The van der Waals surface area contributed by atoms with Crippen LogP contribution in [0.1, 0.15) is 38.3 Å². The van der Waals surface area contributed by atoms with Gasteiger partial charge in [-0.3, -0.25) is 0 Å². The van der Waals surface area contributed by atoms with Crippen molar-refractivity contribution in [3.63, 3.8) is 0 Å². The first-order valence-electron chi connectivity index (χ1n) is 4.98. The van der Waals surface area contributed by atoms with Crippen molar-refractivity contribution < 1.29 is 5.11 Å². The van der Waals surface area contributed by atoms with Gasteiger partial charge in [0.05, 0.1) is 18.6 Å². The van der Waals surface area contributed by atoms with E-state index in [-0.39, 0.29) is 6.61 Å². The van der Waals surface area contributed by atoms with E-state index in [0.29, 0.717) is 0 Å². The Balaban J connectivity index is 2.20. The molecule has 0 unspecified atom stereocenters. The smallest absolute Gasteiger partial charge is 0.0950 e. The summed E-state index contributed by atoms with van der Waals surface area (Å²) < 4.78 is 2.04. The third-order valence-corrected chi connectivity index (χ3v) is 2.12. The molecule has 0 saturated carbocycles. The van der Waals surface area contributed by atoms with Crippen LogP contribution in [0.3, 0.4) is 0 Å². The summed E-state index contributed by atoms with van der Waals surface area (Å²) in [5.41, 5.74) is 0.760. The van der Waals surface area contributed by atoms with Gasteiger partial charge in [-0.1, -0.05) is 26.2 Å². The molecule has 0 amide bonds. The quantitative estimate of drug-likeness (QED) is 0.683. The number of aromatic nitrogens is 2. The Bertz CT molecular complexity index is 233. The lowest BCUT2D eigenvalue weighted by Gasteiger charge is -2.00.